The van der Waals surface area contributed by atoms with E-state index in [2.05, 4.69) is 20.8 Å². The number of nitrogens with zero attached hydrogens (tertiary/aromatic N) is 2. The van der Waals surface area contributed by atoms with Crippen molar-refractivity contribution in [1.29, 1.82) is 0 Å². The number of hydrogen-bond donors (Lipinski definition) is 5. The van der Waals surface area contributed by atoms with Crippen LogP contribution in [0.4, 0.5) is 11.5 Å². The van der Waals surface area contributed by atoms with Crippen LogP contribution in [0, 0.1) is 0 Å². The number of pyridine rings is 1. The van der Waals surface area contributed by atoms with Crippen LogP contribution < -0.4 is 10.7 Å². The first-order valence-electron chi connectivity index (χ1n) is 11.7. The van der Waals surface area contributed by atoms with Gasteiger partial charge in [-0.15, -0.1) is 0 Å². The van der Waals surface area contributed by atoms with E-state index in [4.69, 9.17) is 0 Å². The molecule has 0 aliphatic rings. The second kappa shape index (κ2) is 9.93. The summed E-state index contributed by atoms with van der Waals surface area (Å²) in [4.78, 5) is 14.8. The molecule has 5 aromatic rings. The Morgan fingerprint density at radius 3 is 1.64 bits per heavy atom. The number of hydrogen-bond acceptors (Lipinski definition) is 10. The van der Waals surface area contributed by atoms with Crippen LogP contribution in [0.2, 0.25) is 0 Å². The summed E-state index contributed by atoms with van der Waals surface area (Å²) in [6.45, 7) is 3.53. The fourth-order valence-corrected chi connectivity index (χ4v) is 6.82. The van der Waals surface area contributed by atoms with Crippen LogP contribution >= 0.6 is 0 Å². The molecule has 0 aliphatic carbocycles. The van der Waals surface area contributed by atoms with Crippen LogP contribution in [0.25, 0.3) is 32.3 Å². The molecule has 0 saturated carbocycles. The Bertz CT molecular complexity index is 2250. The fourth-order valence-electron chi connectivity index (χ4n) is 4.60. The zero-order valence-corrected chi connectivity index (χ0v) is 24.0. The first kappa shape index (κ1) is 29.2. The van der Waals surface area contributed by atoms with E-state index in [1.807, 2.05) is 0 Å². The smallest absolute Gasteiger partial charge is 0.295 e. The van der Waals surface area contributed by atoms with Crippen molar-refractivity contribution >= 4 is 85.8 Å². The number of rotatable bonds is 7. The normalized spacial score (nSPS) is 12.6. The summed E-state index contributed by atoms with van der Waals surface area (Å²) in [6.07, 6.45) is 1.23. The maximum atomic E-state index is 13.1. The van der Waals surface area contributed by atoms with Crippen molar-refractivity contribution in [3.8, 4) is 0 Å². The van der Waals surface area contributed by atoms with Gasteiger partial charge in [-0.2, -0.15) is 30.4 Å². The largest absolute Gasteiger partial charge is 0.321 e. The van der Waals surface area contributed by atoms with Crippen molar-refractivity contribution in [1.82, 2.24) is 4.98 Å². The Kier molecular flexibility index (Phi) is 6.91. The maximum Gasteiger partial charge on any atom is 0.295 e. The van der Waals surface area contributed by atoms with Crippen molar-refractivity contribution < 1.29 is 43.7 Å². The van der Waals surface area contributed by atoms with Crippen molar-refractivity contribution in [3.05, 3.63) is 60.3 Å². The first-order valence-corrected chi connectivity index (χ1v) is 16.0. The van der Waals surface area contributed by atoms with Gasteiger partial charge in [-0.25, -0.2) is 4.98 Å². The third-order valence-corrected chi connectivity index (χ3v) is 8.97. The molecule has 17 heteroatoms. The lowest BCUT2D eigenvalue weighted by atomic mass is 9.93. The summed E-state index contributed by atoms with van der Waals surface area (Å²) >= 11 is 0. The molecule has 42 heavy (non-hydrogen) atoms. The minimum atomic E-state index is -5.06. The number of amides is 1. The third-order valence-electron chi connectivity index (χ3n) is 6.29. The summed E-state index contributed by atoms with van der Waals surface area (Å²) in [7, 11) is -15.1. The molecule has 0 spiro atoms. The zero-order chi connectivity index (χ0) is 30.8. The number of hydrazone groups is 1. The SMILES string of the molecule is CC(C)=NNc1ccc(C(=O)Nc2cc(S(=O)(=O)O)c3ccc4c(S(=O)(=O)O)cc(S(=O)(=O)O)c5ccc2c3c54)cn1. The molecular weight excluding hydrogens is 612 g/mol. The molecular formula is C25H20N4O10S3. The standard InChI is InChI=1S/C25H20N4O10S3/c1-12(2)28-29-22-8-3-13(11-26-22)25(30)27-18-9-19(40(31,32)33)15-6-7-17-21(42(37,38)39)10-20(41(34,35)36)16-5-4-14(18)23(15)24(16)17/h3-11H,1-2H3,(H,26,29)(H,27,30)(H,31,32,33)(H,34,35,36)(H,37,38,39). The van der Waals surface area contributed by atoms with Gasteiger partial charge in [0.05, 0.1) is 11.3 Å². The van der Waals surface area contributed by atoms with E-state index in [9.17, 15) is 43.7 Å². The monoisotopic (exact) mass is 632 g/mol. The predicted octanol–water partition coefficient (Wildman–Crippen LogP) is 3.78. The van der Waals surface area contributed by atoms with Gasteiger partial charge in [0.1, 0.15) is 20.5 Å². The zero-order valence-electron chi connectivity index (χ0n) is 21.5. The van der Waals surface area contributed by atoms with E-state index in [-0.39, 0.29) is 43.6 Å². The molecule has 0 bridgehead atoms. The third kappa shape index (κ3) is 5.24. The minimum absolute atomic E-state index is 0.0548. The van der Waals surface area contributed by atoms with Crippen LogP contribution in [0.3, 0.4) is 0 Å². The van der Waals surface area contributed by atoms with Gasteiger partial charge in [0, 0.05) is 44.2 Å². The molecule has 14 nitrogen and oxygen atoms in total. The topological polar surface area (TPSA) is 229 Å². The highest BCUT2D eigenvalue weighted by atomic mass is 32.2. The summed E-state index contributed by atoms with van der Waals surface area (Å²) in [5, 5.41) is 5.86. The second-order valence-electron chi connectivity index (χ2n) is 9.35. The maximum absolute atomic E-state index is 13.1. The number of anilines is 2. The Labute approximate surface area is 238 Å². The molecule has 0 radical (unpaired) electrons. The summed E-state index contributed by atoms with van der Waals surface area (Å²) < 4.78 is 104. The van der Waals surface area contributed by atoms with E-state index in [0.29, 0.717) is 11.9 Å². The quantitative estimate of drug-likeness (QED) is 0.0747. The van der Waals surface area contributed by atoms with E-state index >= 15 is 0 Å². The Morgan fingerprint density at radius 2 is 1.19 bits per heavy atom. The van der Waals surface area contributed by atoms with Crippen LogP contribution in [-0.4, -0.2) is 55.5 Å². The van der Waals surface area contributed by atoms with Crippen LogP contribution in [0.1, 0.15) is 24.2 Å². The number of benzene rings is 4. The molecule has 0 fully saturated rings. The lowest BCUT2D eigenvalue weighted by Gasteiger charge is -2.19. The molecule has 0 aliphatic heterocycles. The van der Waals surface area contributed by atoms with Gasteiger partial charge in [0.25, 0.3) is 36.3 Å². The first-order chi connectivity index (χ1) is 19.5. The molecule has 0 unspecified atom stereocenters. The number of carbonyl (C=O) groups excluding carboxylic acids is 1. The molecule has 0 atom stereocenters. The van der Waals surface area contributed by atoms with Crippen molar-refractivity contribution in [2.75, 3.05) is 10.7 Å². The summed E-state index contributed by atoms with van der Waals surface area (Å²) in [5.41, 5.74) is 3.34. The van der Waals surface area contributed by atoms with Crippen LogP contribution in [0.15, 0.2) is 74.5 Å². The van der Waals surface area contributed by atoms with Gasteiger partial charge in [0.15, 0.2) is 0 Å². The highest BCUT2D eigenvalue weighted by molar-refractivity contribution is 7.87. The van der Waals surface area contributed by atoms with E-state index < -0.39 is 50.9 Å². The van der Waals surface area contributed by atoms with Crippen molar-refractivity contribution in [2.24, 2.45) is 5.10 Å². The Morgan fingerprint density at radius 1 is 0.714 bits per heavy atom. The number of nitrogens with one attached hydrogen (secondary N) is 2. The van der Waals surface area contributed by atoms with Crippen molar-refractivity contribution in [2.45, 2.75) is 28.5 Å². The van der Waals surface area contributed by atoms with E-state index in [0.717, 1.165) is 23.9 Å². The van der Waals surface area contributed by atoms with Gasteiger partial charge in [-0.1, -0.05) is 24.3 Å². The average Bonchev–Trinajstić information content (AvgIpc) is 2.89. The van der Waals surface area contributed by atoms with Crippen LogP contribution in [0.5, 0.6) is 0 Å². The highest BCUT2D eigenvalue weighted by Gasteiger charge is 2.28. The van der Waals surface area contributed by atoms with E-state index in [1.165, 1.54) is 30.5 Å². The van der Waals surface area contributed by atoms with Gasteiger partial charge >= 0.3 is 0 Å². The van der Waals surface area contributed by atoms with Crippen LogP contribution in [-0.2, 0) is 30.4 Å². The number of carbonyl (C=O) groups is 1. The van der Waals surface area contributed by atoms with Gasteiger partial charge < -0.3 is 5.32 Å². The lowest BCUT2D eigenvalue weighted by Crippen LogP contribution is -2.14. The van der Waals surface area contributed by atoms with Crippen molar-refractivity contribution in [3.63, 3.8) is 0 Å². The lowest BCUT2D eigenvalue weighted by molar-refractivity contribution is 0.102. The molecule has 1 aromatic heterocycles. The Balaban J connectivity index is 1.80. The van der Waals surface area contributed by atoms with Gasteiger partial charge in [0.2, 0.25) is 0 Å². The fraction of sp³-hybridized carbons (Fsp3) is 0.0800. The highest BCUT2D eigenvalue weighted by Crippen LogP contribution is 2.44. The minimum Gasteiger partial charge on any atom is -0.321 e. The van der Waals surface area contributed by atoms with Gasteiger partial charge in [-0.05, 0) is 38.1 Å². The number of aromatic nitrogens is 1. The van der Waals surface area contributed by atoms with Gasteiger partial charge in [-0.3, -0.25) is 23.9 Å². The van der Waals surface area contributed by atoms with E-state index in [1.54, 1.807) is 13.8 Å². The molecule has 5 rings (SSSR count). The summed E-state index contributed by atoms with van der Waals surface area (Å²) in [6, 6.07) is 9.30. The molecule has 1 amide bonds. The molecule has 5 N–H and O–H groups in total. The Hall–Kier alpha value is -4.26. The predicted molar refractivity (Wildman–Crippen MR) is 154 cm³/mol. The second-order valence-corrected chi connectivity index (χ2v) is 13.5. The average molecular weight is 633 g/mol. The molecule has 1 heterocycles. The molecule has 4 aromatic carbocycles. The molecule has 0 saturated heterocycles. The molecule has 218 valence electrons. The summed E-state index contributed by atoms with van der Waals surface area (Å²) in [5.74, 6) is -0.397.